The van der Waals surface area contributed by atoms with Crippen molar-refractivity contribution in [1.29, 1.82) is 0 Å². The molecule has 60 valence electrons. The second kappa shape index (κ2) is 5.27. The van der Waals surface area contributed by atoms with Gasteiger partial charge < -0.3 is 4.74 Å². The summed E-state index contributed by atoms with van der Waals surface area (Å²) in [6, 6.07) is 0. The zero-order valence-corrected chi connectivity index (χ0v) is 5.51. The van der Waals surface area contributed by atoms with Crippen LogP contribution in [0.25, 0.3) is 0 Å². The van der Waals surface area contributed by atoms with E-state index in [9.17, 15) is 4.79 Å². The highest BCUT2D eigenvalue weighted by Crippen LogP contribution is 2.24. The fourth-order valence-corrected chi connectivity index (χ4v) is 1.35. The summed E-state index contributed by atoms with van der Waals surface area (Å²) < 4.78 is 4.64. The monoisotopic (exact) mass is 144 g/mol. The summed E-state index contributed by atoms with van der Waals surface area (Å²) in [5.41, 5.74) is 0. The van der Waals surface area contributed by atoms with Crippen LogP contribution in [0.2, 0.25) is 0 Å². The van der Waals surface area contributed by atoms with E-state index in [1.54, 1.807) is 0 Å². The number of carbonyl (C=O) groups is 1. The molecule has 0 aromatic carbocycles. The van der Waals surface area contributed by atoms with Crippen molar-refractivity contribution < 1.29 is 9.53 Å². The first-order chi connectivity index (χ1) is 4.43. The van der Waals surface area contributed by atoms with Gasteiger partial charge in [0.1, 0.15) is 0 Å². The molecular formula is C8H16O2. The fourth-order valence-electron chi connectivity index (χ4n) is 1.35. The Kier molecular flexibility index (Phi) is 4.99. The SMILES string of the molecule is C.O=COCC1CCCC1. The first kappa shape index (κ1) is 9.47. The van der Waals surface area contributed by atoms with E-state index in [-0.39, 0.29) is 7.43 Å². The minimum Gasteiger partial charge on any atom is -0.468 e. The molecule has 1 rings (SSSR count). The molecule has 0 saturated heterocycles. The van der Waals surface area contributed by atoms with Crippen LogP contribution in [0.4, 0.5) is 0 Å². The van der Waals surface area contributed by atoms with Crippen molar-refractivity contribution in [3.05, 3.63) is 0 Å². The molecule has 1 aliphatic rings. The molecule has 0 bridgehead atoms. The Balaban J connectivity index is 0.000000810. The number of carbonyl (C=O) groups excluding carboxylic acids is 1. The van der Waals surface area contributed by atoms with Gasteiger partial charge in [-0.2, -0.15) is 0 Å². The summed E-state index contributed by atoms with van der Waals surface area (Å²) in [6.07, 6.45) is 5.11. The first-order valence-electron chi connectivity index (χ1n) is 3.48. The predicted molar refractivity (Wildman–Crippen MR) is 40.7 cm³/mol. The van der Waals surface area contributed by atoms with Crippen LogP contribution in [-0.2, 0) is 9.53 Å². The van der Waals surface area contributed by atoms with Gasteiger partial charge in [0.2, 0.25) is 0 Å². The van der Waals surface area contributed by atoms with E-state index in [1.165, 1.54) is 25.7 Å². The Morgan fingerprint density at radius 3 is 2.50 bits per heavy atom. The van der Waals surface area contributed by atoms with Crippen LogP contribution in [0.1, 0.15) is 33.1 Å². The molecule has 0 amide bonds. The molecule has 0 heterocycles. The number of ether oxygens (including phenoxy) is 1. The van der Waals surface area contributed by atoms with Crippen LogP contribution < -0.4 is 0 Å². The van der Waals surface area contributed by atoms with Gasteiger partial charge >= 0.3 is 0 Å². The normalized spacial score (nSPS) is 18.0. The second-order valence-electron chi connectivity index (χ2n) is 2.58. The van der Waals surface area contributed by atoms with Crippen molar-refractivity contribution in [2.45, 2.75) is 33.1 Å². The third kappa shape index (κ3) is 2.85. The Bertz CT molecular complexity index is 85.3. The topological polar surface area (TPSA) is 26.3 Å². The number of rotatable bonds is 3. The van der Waals surface area contributed by atoms with Crippen molar-refractivity contribution in [2.75, 3.05) is 6.61 Å². The third-order valence-corrected chi connectivity index (χ3v) is 1.87. The van der Waals surface area contributed by atoms with Gasteiger partial charge in [-0.05, 0) is 18.8 Å². The number of hydrogen-bond donors (Lipinski definition) is 0. The van der Waals surface area contributed by atoms with Crippen molar-refractivity contribution in [3.8, 4) is 0 Å². The summed E-state index contributed by atoms with van der Waals surface area (Å²) in [4.78, 5) is 9.74. The molecule has 0 atom stereocenters. The largest absolute Gasteiger partial charge is 0.468 e. The molecule has 0 N–H and O–H groups in total. The van der Waals surface area contributed by atoms with Gasteiger partial charge in [0.05, 0.1) is 6.61 Å². The number of hydrogen-bond acceptors (Lipinski definition) is 2. The average Bonchev–Trinajstić information content (AvgIpc) is 2.34. The summed E-state index contributed by atoms with van der Waals surface area (Å²) in [6.45, 7) is 1.18. The highest BCUT2D eigenvalue weighted by molar-refractivity contribution is 5.36. The summed E-state index contributed by atoms with van der Waals surface area (Å²) >= 11 is 0. The molecule has 0 unspecified atom stereocenters. The van der Waals surface area contributed by atoms with Crippen molar-refractivity contribution in [3.63, 3.8) is 0 Å². The van der Waals surface area contributed by atoms with Gasteiger partial charge in [0.25, 0.3) is 6.47 Å². The first-order valence-corrected chi connectivity index (χ1v) is 3.48. The van der Waals surface area contributed by atoms with Crippen molar-refractivity contribution in [2.24, 2.45) is 5.92 Å². The maximum atomic E-state index is 9.74. The van der Waals surface area contributed by atoms with E-state index in [0.29, 0.717) is 19.0 Å². The minimum atomic E-state index is 0. The lowest BCUT2D eigenvalue weighted by molar-refractivity contribution is -0.129. The maximum Gasteiger partial charge on any atom is 0.293 e. The molecule has 2 nitrogen and oxygen atoms in total. The van der Waals surface area contributed by atoms with Crippen LogP contribution in [0.5, 0.6) is 0 Å². The summed E-state index contributed by atoms with van der Waals surface area (Å²) in [5.74, 6) is 0.662. The maximum absolute atomic E-state index is 9.74. The van der Waals surface area contributed by atoms with E-state index in [0.717, 1.165) is 0 Å². The van der Waals surface area contributed by atoms with Crippen LogP contribution >= 0.6 is 0 Å². The van der Waals surface area contributed by atoms with Gasteiger partial charge in [-0.25, -0.2) is 0 Å². The molecule has 0 spiro atoms. The molecule has 1 saturated carbocycles. The molecule has 0 radical (unpaired) electrons. The summed E-state index contributed by atoms with van der Waals surface area (Å²) in [7, 11) is 0. The van der Waals surface area contributed by atoms with Crippen molar-refractivity contribution in [1.82, 2.24) is 0 Å². The highest BCUT2D eigenvalue weighted by atomic mass is 16.5. The Morgan fingerprint density at radius 1 is 1.40 bits per heavy atom. The molecule has 1 fully saturated rings. The van der Waals surface area contributed by atoms with Crippen LogP contribution in [0.3, 0.4) is 0 Å². The van der Waals surface area contributed by atoms with Gasteiger partial charge in [-0.1, -0.05) is 20.3 Å². The van der Waals surface area contributed by atoms with Gasteiger partial charge in [-0.15, -0.1) is 0 Å². The lowest BCUT2D eigenvalue weighted by Crippen LogP contribution is -2.03. The quantitative estimate of drug-likeness (QED) is 0.566. The van der Waals surface area contributed by atoms with Crippen molar-refractivity contribution >= 4 is 6.47 Å². The zero-order valence-electron chi connectivity index (χ0n) is 5.51. The van der Waals surface area contributed by atoms with E-state index in [4.69, 9.17) is 0 Å². The molecule has 0 aromatic rings. The van der Waals surface area contributed by atoms with E-state index >= 15 is 0 Å². The van der Waals surface area contributed by atoms with E-state index in [2.05, 4.69) is 4.74 Å². The van der Waals surface area contributed by atoms with Crippen LogP contribution in [0, 0.1) is 5.92 Å². The van der Waals surface area contributed by atoms with E-state index < -0.39 is 0 Å². The smallest absolute Gasteiger partial charge is 0.293 e. The van der Waals surface area contributed by atoms with Gasteiger partial charge in [0.15, 0.2) is 0 Å². The van der Waals surface area contributed by atoms with Crippen LogP contribution in [-0.4, -0.2) is 13.1 Å². The van der Waals surface area contributed by atoms with Gasteiger partial charge in [-0.3, -0.25) is 4.79 Å². The Hall–Kier alpha value is -0.530. The minimum absolute atomic E-state index is 0. The molecular weight excluding hydrogens is 128 g/mol. The Labute approximate surface area is 62.6 Å². The molecule has 10 heavy (non-hydrogen) atoms. The second-order valence-corrected chi connectivity index (χ2v) is 2.58. The third-order valence-electron chi connectivity index (χ3n) is 1.87. The highest BCUT2D eigenvalue weighted by Gasteiger charge is 2.14. The standard InChI is InChI=1S/C7H12O2.CH4/c8-6-9-5-7-3-1-2-4-7;/h6-7H,1-5H2;1H4. The molecule has 0 aromatic heterocycles. The Morgan fingerprint density at radius 2 is 2.00 bits per heavy atom. The average molecular weight is 144 g/mol. The predicted octanol–water partition coefficient (Wildman–Crippen LogP) is 1.99. The molecule has 2 heteroatoms. The molecule has 1 aliphatic carbocycles. The molecule has 0 aliphatic heterocycles. The van der Waals surface area contributed by atoms with Crippen LogP contribution in [0.15, 0.2) is 0 Å². The van der Waals surface area contributed by atoms with Gasteiger partial charge in [0, 0.05) is 0 Å². The summed E-state index contributed by atoms with van der Waals surface area (Å²) in [5, 5.41) is 0. The lowest BCUT2D eigenvalue weighted by Gasteiger charge is -2.04. The fraction of sp³-hybridized carbons (Fsp3) is 0.875. The zero-order chi connectivity index (χ0) is 6.53. The lowest BCUT2D eigenvalue weighted by atomic mass is 10.1. The van der Waals surface area contributed by atoms with E-state index in [1.807, 2.05) is 0 Å².